The van der Waals surface area contributed by atoms with Gasteiger partial charge in [-0.1, -0.05) is 12.8 Å². The standard InChI is InChI=1S/C21H26FN3O/c22-17-7-8-19-18(14-17)20(9-10-23-19)25-13-5-6-16(15-25)21(26)24-11-3-1-2-4-12-24/h7-10,14,16H,1-6,11-13,15H2. The number of rotatable bonds is 2. The van der Waals surface area contributed by atoms with Gasteiger partial charge in [-0.3, -0.25) is 9.78 Å². The van der Waals surface area contributed by atoms with Crippen LogP contribution in [-0.4, -0.2) is 42.0 Å². The summed E-state index contributed by atoms with van der Waals surface area (Å²) in [7, 11) is 0. The van der Waals surface area contributed by atoms with Gasteiger partial charge >= 0.3 is 0 Å². The maximum absolute atomic E-state index is 13.8. The van der Waals surface area contributed by atoms with Crippen molar-refractivity contribution in [3.63, 3.8) is 0 Å². The van der Waals surface area contributed by atoms with Gasteiger partial charge in [0, 0.05) is 43.4 Å². The molecule has 2 aromatic rings. The summed E-state index contributed by atoms with van der Waals surface area (Å²) in [6.45, 7) is 3.42. The molecular weight excluding hydrogens is 329 g/mol. The molecular formula is C21H26FN3O. The SMILES string of the molecule is O=C(C1CCCN(c2ccnc3ccc(F)cc23)C1)N1CCCCCC1. The van der Waals surface area contributed by atoms with Gasteiger partial charge in [0.25, 0.3) is 0 Å². The van der Waals surface area contributed by atoms with Crippen molar-refractivity contribution < 1.29 is 9.18 Å². The lowest BCUT2D eigenvalue weighted by molar-refractivity contribution is -0.135. The summed E-state index contributed by atoms with van der Waals surface area (Å²) in [5.41, 5.74) is 1.78. The number of carbonyl (C=O) groups excluding carboxylic acids is 1. The highest BCUT2D eigenvalue weighted by molar-refractivity contribution is 5.92. The molecule has 1 unspecified atom stereocenters. The van der Waals surface area contributed by atoms with Crippen LogP contribution in [0, 0.1) is 11.7 Å². The van der Waals surface area contributed by atoms with Gasteiger partial charge in [0.15, 0.2) is 0 Å². The number of nitrogens with zero attached hydrogens (tertiary/aromatic N) is 3. The molecule has 0 N–H and O–H groups in total. The summed E-state index contributed by atoms with van der Waals surface area (Å²) in [5.74, 6) is 0.0979. The third-order valence-electron chi connectivity index (χ3n) is 5.71. The first-order valence-corrected chi connectivity index (χ1v) is 9.80. The van der Waals surface area contributed by atoms with E-state index in [1.54, 1.807) is 18.3 Å². The molecule has 1 amide bonds. The fourth-order valence-corrected chi connectivity index (χ4v) is 4.33. The van der Waals surface area contributed by atoms with E-state index < -0.39 is 0 Å². The van der Waals surface area contributed by atoms with Crippen molar-refractivity contribution in [1.82, 2.24) is 9.88 Å². The molecule has 0 radical (unpaired) electrons. The Morgan fingerprint density at radius 1 is 1.04 bits per heavy atom. The summed E-state index contributed by atoms with van der Waals surface area (Å²) >= 11 is 0. The molecule has 2 saturated heterocycles. The van der Waals surface area contributed by atoms with Crippen LogP contribution < -0.4 is 4.90 Å². The Bertz CT molecular complexity index is 786. The van der Waals surface area contributed by atoms with Crippen molar-refractivity contribution in [1.29, 1.82) is 0 Å². The number of benzene rings is 1. The molecule has 1 aromatic carbocycles. The number of amides is 1. The van der Waals surface area contributed by atoms with Gasteiger partial charge in [-0.05, 0) is 49.9 Å². The van der Waals surface area contributed by atoms with Gasteiger partial charge in [0.1, 0.15) is 5.82 Å². The second-order valence-corrected chi connectivity index (χ2v) is 7.52. The van der Waals surface area contributed by atoms with E-state index in [4.69, 9.17) is 0 Å². The lowest BCUT2D eigenvalue weighted by Crippen LogP contribution is -2.45. The number of hydrogen-bond acceptors (Lipinski definition) is 3. The Hall–Kier alpha value is -2.17. The molecule has 3 heterocycles. The van der Waals surface area contributed by atoms with Crippen molar-refractivity contribution in [2.24, 2.45) is 5.92 Å². The Morgan fingerprint density at radius 3 is 2.65 bits per heavy atom. The second-order valence-electron chi connectivity index (χ2n) is 7.52. The maximum Gasteiger partial charge on any atom is 0.227 e. The molecule has 0 spiro atoms. The molecule has 26 heavy (non-hydrogen) atoms. The Labute approximate surface area is 154 Å². The first-order valence-electron chi connectivity index (χ1n) is 9.80. The fraction of sp³-hybridized carbons (Fsp3) is 0.524. The molecule has 0 saturated carbocycles. The van der Waals surface area contributed by atoms with Gasteiger partial charge in [-0.15, -0.1) is 0 Å². The number of likely N-dealkylation sites (tertiary alicyclic amines) is 1. The third-order valence-corrected chi connectivity index (χ3v) is 5.71. The summed E-state index contributed by atoms with van der Waals surface area (Å²) in [5, 5.41) is 0.829. The van der Waals surface area contributed by atoms with E-state index in [2.05, 4.69) is 14.8 Å². The predicted molar refractivity (Wildman–Crippen MR) is 102 cm³/mol. The summed E-state index contributed by atoms with van der Waals surface area (Å²) in [6, 6.07) is 6.66. The van der Waals surface area contributed by atoms with Crippen molar-refractivity contribution in [2.75, 3.05) is 31.1 Å². The monoisotopic (exact) mass is 355 g/mol. The molecule has 2 fully saturated rings. The normalized spacial score (nSPS) is 21.7. The third kappa shape index (κ3) is 3.53. The van der Waals surface area contributed by atoms with Gasteiger partial charge in [0.2, 0.25) is 5.91 Å². The quantitative estimate of drug-likeness (QED) is 0.817. The van der Waals surface area contributed by atoms with E-state index in [1.807, 2.05) is 6.07 Å². The number of aromatic nitrogens is 1. The zero-order chi connectivity index (χ0) is 17.9. The van der Waals surface area contributed by atoms with Crippen LogP contribution >= 0.6 is 0 Å². The van der Waals surface area contributed by atoms with Crippen molar-refractivity contribution in [3.05, 3.63) is 36.3 Å². The van der Waals surface area contributed by atoms with Crippen molar-refractivity contribution in [2.45, 2.75) is 38.5 Å². The number of anilines is 1. The minimum absolute atomic E-state index is 0.0404. The zero-order valence-corrected chi connectivity index (χ0v) is 15.2. The molecule has 0 bridgehead atoms. The smallest absolute Gasteiger partial charge is 0.227 e. The number of fused-ring (bicyclic) bond motifs is 1. The number of halogens is 1. The van der Waals surface area contributed by atoms with Crippen LogP contribution in [0.4, 0.5) is 10.1 Å². The topological polar surface area (TPSA) is 36.4 Å². The summed E-state index contributed by atoms with van der Waals surface area (Å²) in [4.78, 5) is 21.7. The fourth-order valence-electron chi connectivity index (χ4n) is 4.33. The van der Waals surface area contributed by atoms with Gasteiger partial charge < -0.3 is 9.80 Å². The number of pyridine rings is 1. The van der Waals surface area contributed by atoms with E-state index in [1.165, 1.54) is 18.9 Å². The van der Waals surface area contributed by atoms with Crippen LogP contribution in [0.15, 0.2) is 30.5 Å². The van der Waals surface area contributed by atoms with Crippen LogP contribution in [0.25, 0.3) is 10.9 Å². The Kier molecular flexibility index (Phi) is 5.05. The Morgan fingerprint density at radius 2 is 1.85 bits per heavy atom. The molecule has 2 aliphatic rings. The van der Waals surface area contributed by atoms with E-state index >= 15 is 0 Å². The van der Waals surface area contributed by atoms with Gasteiger partial charge in [-0.25, -0.2) is 4.39 Å². The zero-order valence-electron chi connectivity index (χ0n) is 15.2. The van der Waals surface area contributed by atoms with E-state index in [9.17, 15) is 9.18 Å². The molecule has 2 aliphatic heterocycles. The van der Waals surface area contributed by atoms with Crippen LogP contribution in [0.5, 0.6) is 0 Å². The maximum atomic E-state index is 13.8. The lowest BCUT2D eigenvalue weighted by Gasteiger charge is -2.36. The summed E-state index contributed by atoms with van der Waals surface area (Å²) < 4.78 is 13.8. The molecule has 138 valence electrons. The molecule has 5 heteroatoms. The molecule has 1 aromatic heterocycles. The minimum Gasteiger partial charge on any atom is -0.370 e. The van der Waals surface area contributed by atoms with Crippen LogP contribution in [0.1, 0.15) is 38.5 Å². The highest BCUT2D eigenvalue weighted by Crippen LogP contribution is 2.30. The van der Waals surface area contributed by atoms with Crippen molar-refractivity contribution >= 4 is 22.5 Å². The molecule has 4 rings (SSSR count). The van der Waals surface area contributed by atoms with Gasteiger partial charge in [0.05, 0.1) is 11.4 Å². The van der Waals surface area contributed by atoms with Crippen LogP contribution in [0.3, 0.4) is 0 Å². The van der Waals surface area contributed by atoms with E-state index in [-0.39, 0.29) is 11.7 Å². The first kappa shape index (κ1) is 17.3. The van der Waals surface area contributed by atoms with Crippen LogP contribution in [-0.2, 0) is 4.79 Å². The average Bonchev–Trinajstić information content (AvgIpc) is 2.96. The molecule has 4 nitrogen and oxygen atoms in total. The largest absolute Gasteiger partial charge is 0.370 e. The van der Waals surface area contributed by atoms with Crippen LogP contribution in [0.2, 0.25) is 0 Å². The van der Waals surface area contributed by atoms with E-state index in [0.717, 1.165) is 61.9 Å². The lowest BCUT2D eigenvalue weighted by atomic mass is 9.95. The van der Waals surface area contributed by atoms with E-state index in [0.29, 0.717) is 12.5 Å². The predicted octanol–water partition coefficient (Wildman–Crippen LogP) is 3.99. The highest BCUT2D eigenvalue weighted by Gasteiger charge is 2.30. The summed E-state index contributed by atoms with van der Waals surface area (Å²) in [6.07, 6.45) is 8.42. The van der Waals surface area contributed by atoms with Gasteiger partial charge in [-0.2, -0.15) is 0 Å². The Balaban J connectivity index is 1.55. The second kappa shape index (κ2) is 7.60. The number of carbonyl (C=O) groups is 1. The first-order chi connectivity index (χ1) is 12.7. The average molecular weight is 355 g/mol. The number of piperidine rings is 1. The number of hydrogen-bond donors (Lipinski definition) is 0. The molecule has 1 atom stereocenters. The van der Waals surface area contributed by atoms with Crippen molar-refractivity contribution in [3.8, 4) is 0 Å². The minimum atomic E-state index is -0.249. The molecule has 0 aliphatic carbocycles. The highest BCUT2D eigenvalue weighted by atomic mass is 19.1.